The van der Waals surface area contributed by atoms with Gasteiger partial charge in [-0.1, -0.05) is 23.7 Å². The molecule has 1 rings (SSSR count). The van der Waals surface area contributed by atoms with Gasteiger partial charge in [0.15, 0.2) is 6.29 Å². The number of ether oxygens (including phenoxy) is 1. The summed E-state index contributed by atoms with van der Waals surface area (Å²) in [6.07, 6.45) is 0.461. The molecule has 2 nitrogen and oxygen atoms in total. The summed E-state index contributed by atoms with van der Waals surface area (Å²) in [5.41, 5.74) is 1.02. The normalized spacial score (nSPS) is 8.59. The topological polar surface area (TPSA) is 26.3 Å². The van der Waals surface area contributed by atoms with Crippen LogP contribution in [0.5, 0.6) is 0 Å². The van der Waals surface area contributed by atoms with Crippen molar-refractivity contribution in [1.82, 2.24) is 0 Å². The van der Waals surface area contributed by atoms with Crippen molar-refractivity contribution in [2.24, 2.45) is 0 Å². The number of hydrogen-bond acceptors (Lipinski definition) is 2. The lowest BCUT2D eigenvalue weighted by molar-refractivity contribution is -0.103. The molecule has 0 atom stereocenters. The van der Waals surface area contributed by atoms with Crippen LogP contribution in [0.1, 0.15) is 26.3 Å². The molecule has 0 aromatic heterocycles. The summed E-state index contributed by atoms with van der Waals surface area (Å²) in [6.45, 7) is 6.73. The molecule has 0 aliphatic rings. The van der Waals surface area contributed by atoms with Crippen LogP contribution in [0.25, 0.3) is 0 Å². The van der Waals surface area contributed by atoms with Crippen LogP contribution in [0, 0.1) is 35.0 Å². The summed E-state index contributed by atoms with van der Waals surface area (Å²) in [5, 5.41) is 2.80. The third-order valence-electron chi connectivity index (χ3n) is 1.93. The predicted molar refractivity (Wildman–Crippen MR) is 91.2 cm³/mol. The molecular weight excluding hydrogens is 319 g/mol. The Morgan fingerprint density at radius 3 is 2.41 bits per heavy atom. The zero-order valence-electron chi connectivity index (χ0n) is 12.7. The molecule has 0 heterocycles. The quantitative estimate of drug-likeness (QED) is 0.602. The van der Waals surface area contributed by atoms with E-state index in [9.17, 15) is 4.79 Å². The first kappa shape index (κ1) is 20.1. The SMILES string of the molecule is CC(C)(C)OCc1cccc(Cl)c1.O=CC#CC#CC#CCl. The zero-order valence-corrected chi connectivity index (χ0v) is 14.2. The third-order valence-corrected chi connectivity index (χ3v) is 2.26. The molecule has 0 radical (unpaired) electrons. The highest BCUT2D eigenvalue weighted by molar-refractivity contribution is 6.30. The van der Waals surface area contributed by atoms with E-state index in [0.717, 1.165) is 10.6 Å². The molecule has 0 fully saturated rings. The van der Waals surface area contributed by atoms with Gasteiger partial charge >= 0.3 is 0 Å². The number of aldehydes is 1. The van der Waals surface area contributed by atoms with Gasteiger partial charge < -0.3 is 4.74 Å². The number of halogens is 2. The summed E-state index contributed by atoms with van der Waals surface area (Å²) < 4.78 is 5.61. The van der Waals surface area contributed by atoms with Crippen LogP contribution in [-0.4, -0.2) is 11.9 Å². The van der Waals surface area contributed by atoms with Crippen molar-refractivity contribution in [1.29, 1.82) is 0 Å². The van der Waals surface area contributed by atoms with Crippen LogP contribution in [0.15, 0.2) is 24.3 Å². The monoisotopic (exact) mass is 334 g/mol. The van der Waals surface area contributed by atoms with Gasteiger partial charge in [0.05, 0.1) is 12.2 Å². The van der Waals surface area contributed by atoms with Crippen molar-refractivity contribution in [2.75, 3.05) is 0 Å². The second kappa shape index (κ2) is 11.7. The van der Waals surface area contributed by atoms with Gasteiger partial charge in [-0.25, -0.2) is 0 Å². The molecule has 22 heavy (non-hydrogen) atoms. The van der Waals surface area contributed by atoms with Crippen LogP contribution < -0.4 is 0 Å². The van der Waals surface area contributed by atoms with E-state index in [2.05, 4.69) is 29.6 Å². The van der Waals surface area contributed by atoms with Crippen LogP contribution in [-0.2, 0) is 16.1 Å². The average molecular weight is 335 g/mol. The zero-order chi connectivity index (χ0) is 16.8. The Labute approximate surface area is 142 Å². The molecule has 114 valence electrons. The third kappa shape index (κ3) is 13.1. The first-order valence-corrected chi connectivity index (χ1v) is 7.08. The summed E-state index contributed by atoms with van der Waals surface area (Å²) in [7, 11) is 0. The fourth-order valence-electron chi connectivity index (χ4n) is 1.08. The molecule has 1 aromatic carbocycles. The maximum absolute atomic E-state index is 9.53. The fourth-order valence-corrected chi connectivity index (χ4v) is 1.34. The average Bonchev–Trinajstić information content (AvgIpc) is 2.45. The van der Waals surface area contributed by atoms with Crippen LogP contribution in [0.4, 0.5) is 0 Å². The number of carbonyl (C=O) groups excluding carboxylic acids is 1. The molecule has 0 saturated heterocycles. The van der Waals surface area contributed by atoms with E-state index in [4.69, 9.17) is 27.9 Å². The minimum absolute atomic E-state index is 0.0949. The van der Waals surface area contributed by atoms with E-state index in [1.54, 1.807) is 0 Å². The highest BCUT2D eigenvalue weighted by atomic mass is 35.5. The van der Waals surface area contributed by atoms with Crippen LogP contribution in [0.2, 0.25) is 5.02 Å². The van der Waals surface area contributed by atoms with Gasteiger partial charge in [0.2, 0.25) is 0 Å². The fraction of sp³-hybridized carbons (Fsp3) is 0.278. The lowest BCUT2D eigenvalue weighted by atomic mass is 10.2. The summed E-state index contributed by atoms with van der Waals surface area (Å²) >= 11 is 10.8. The maximum Gasteiger partial charge on any atom is 0.193 e. The van der Waals surface area contributed by atoms with Crippen molar-refractivity contribution in [3.05, 3.63) is 34.9 Å². The Hall–Kier alpha value is -1.89. The van der Waals surface area contributed by atoms with Gasteiger partial charge in [0, 0.05) is 22.2 Å². The second-order valence-electron chi connectivity index (χ2n) is 4.89. The Balaban J connectivity index is 0.000000433. The minimum Gasteiger partial charge on any atom is -0.371 e. The Bertz CT molecular complexity index is 654. The molecule has 1 aromatic rings. The second-order valence-corrected chi connectivity index (χ2v) is 5.51. The van der Waals surface area contributed by atoms with E-state index >= 15 is 0 Å². The van der Waals surface area contributed by atoms with Gasteiger partial charge in [-0.05, 0) is 67.8 Å². The van der Waals surface area contributed by atoms with Gasteiger partial charge in [-0.2, -0.15) is 0 Å². The molecule has 0 amide bonds. The molecule has 0 spiro atoms. The first-order valence-electron chi connectivity index (χ1n) is 6.32. The van der Waals surface area contributed by atoms with Gasteiger partial charge in [-0.15, -0.1) is 0 Å². The lowest BCUT2D eigenvalue weighted by Gasteiger charge is -2.19. The van der Waals surface area contributed by atoms with E-state index in [1.807, 2.05) is 50.4 Å². The molecule has 0 aliphatic carbocycles. The Kier molecular flexibility index (Phi) is 10.7. The summed E-state index contributed by atoms with van der Waals surface area (Å²) in [5.74, 6) is 11.1. The maximum atomic E-state index is 9.53. The molecule has 0 N–H and O–H groups in total. The van der Waals surface area contributed by atoms with E-state index in [0.29, 0.717) is 12.9 Å². The lowest BCUT2D eigenvalue weighted by Crippen LogP contribution is -2.18. The molecule has 4 heteroatoms. The smallest absolute Gasteiger partial charge is 0.193 e. The molecule has 0 unspecified atom stereocenters. The standard InChI is InChI=1S/C11H15ClO.C7HClO/c1-11(2,3)13-8-9-5-4-6-10(12)7-9;8-6-4-2-1-3-5-7-9/h4-7H,8H2,1-3H3;7H. The minimum atomic E-state index is -0.0949. The molecule has 0 bridgehead atoms. The predicted octanol–water partition coefficient (Wildman–Crippen LogP) is 4.05. The van der Waals surface area contributed by atoms with Crippen molar-refractivity contribution in [2.45, 2.75) is 33.0 Å². The molecular formula is C18H16Cl2O2. The van der Waals surface area contributed by atoms with Crippen molar-refractivity contribution >= 4 is 29.5 Å². The molecule has 0 aliphatic heterocycles. The van der Waals surface area contributed by atoms with Crippen LogP contribution in [0.3, 0.4) is 0 Å². The summed E-state index contributed by atoms with van der Waals surface area (Å²) in [4.78, 5) is 9.53. The highest BCUT2D eigenvalue weighted by Crippen LogP contribution is 2.15. The van der Waals surface area contributed by atoms with Crippen LogP contribution >= 0.6 is 23.2 Å². The number of hydrogen-bond donors (Lipinski definition) is 0. The largest absolute Gasteiger partial charge is 0.371 e. The number of rotatable bonds is 2. The van der Waals surface area contributed by atoms with Crippen molar-refractivity contribution in [3.8, 4) is 35.0 Å². The van der Waals surface area contributed by atoms with Gasteiger partial charge in [0.1, 0.15) is 0 Å². The van der Waals surface area contributed by atoms with E-state index in [-0.39, 0.29) is 5.60 Å². The van der Waals surface area contributed by atoms with E-state index < -0.39 is 0 Å². The van der Waals surface area contributed by atoms with Gasteiger partial charge in [-0.3, -0.25) is 4.79 Å². The summed E-state index contributed by atoms with van der Waals surface area (Å²) in [6, 6.07) is 7.73. The number of carbonyl (C=O) groups is 1. The van der Waals surface area contributed by atoms with E-state index in [1.165, 1.54) is 0 Å². The van der Waals surface area contributed by atoms with Crippen molar-refractivity contribution < 1.29 is 9.53 Å². The molecule has 0 saturated carbocycles. The Morgan fingerprint density at radius 1 is 1.18 bits per heavy atom. The number of benzene rings is 1. The van der Waals surface area contributed by atoms with Gasteiger partial charge in [0.25, 0.3) is 0 Å². The Morgan fingerprint density at radius 2 is 1.86 bits per heavy atom. The first-order chi connectivity index (χ1) is 10.4. The highest BCUT2D eigenvalue weighted by Gasteiger charge is 2.09. The van der Waals surface area contributed by atoms with Crippen molar-refractivity contribution in [3.63, 3.8) is 0 Å².